The number of carboxylic acid groups (broad SMARTS) is 2. The molecule has 34 heavy (non-hydrogen) atoms. The molecule has 4 saturated carbocycles. The summed E-state index contributed by atoms with van der Waals surface area (Å²) in [7, 11) is -4.81. The van der Waals surface area contributed by atoms with Crippen LogP contribution in [-0.4, -0.2) is 44.1 Å². The number of phosphoric ester groups is 1. The van der Waals surface area contributed by atoms with E-state index in [9.17, 15) is 34.2 Å². The smallest absolute Gasteiger partial charge is 0.481 e. The van der Waals surface area contributed by atoms with Crippen molar-refractivity contribution in [2.45, 2.75) is 49.9 Å². The zero-order chi connectivity index (χ0) is 24.3. The lowest BCUT2D eigenvalue weighted by molar-refractivity contribution is -0.648. The van der Waals surface area contributed by atoms with Crippen LogP contribution in [-0.2, 0) is 34.5 Å². The van der Waals surface area contributed by atoms with Crippen molar-refractivity contribution in [1.82, 2.24) is 0 Å². The maximum absolute atomic E-state index is 11.4. The second kappa shape index (κ2) is 8.29. The number of carboxylic acids is 2. The predicted octanol–water partition coefficient (Wildman–Crippen LogP) is 2.66. The second-order valence-electron chi connectivity index (χ2n) is 9.86. The van der Waals surface area contributed by atoms with Crippen LogP contribution in [0.4, 0.5) is 0 Å². The summed E-state index contributed by atoms with van der Waals surface area (Å²) in [4.78, 5) is 52.8. The first-order valence-corrected chi connectivity index (χ1v) is 12.9. The van der Waals surface area contributed by atoms with Crippen LogP contribution in [0.5, 0.6) is 5.75 Å². The summed E-state index contributed by atoms with van der Waals surface area (Å²) in [5, 5.41) is 18.5. The number of rotatable bonds is 9. The molecule has 4 bridgehead atoms. The van der Waals surface area contributed by atoms with E-state index in [0.29, 0.717) is 17.4 Å². The van der Waals surface area contributed by atoms with Crippen molar-refractivity contribution in [3.63, 3.8) is 0 Å². The van der Waals surface area contributed by atoms with Gasteiger partial charge in [-0.1, -0.05) is 12.1 Å². The lowest BCUT2D eigenvalue weighted by atomic mass is 9.47. The first-order valence-electron chi connectivity index (χ1n) is 11.4. The standard InChI is InChI=1S/C22H27O11P/c23-19(24)18(20(25)26)4-5-30-22(14-2-1-3-17(11-14)31-34(27,28)29)21(32-33-22)15-7-12-6-13(9-15)10-16(21)8-12/h1-3,11-13,15-16,18H,4-10H2,(H,23,24)(H,25,26)(H2,27,28,29). The van der Waals surface area contributed by atoms with Crippen LogP contribution < -0.4 is 4.52 Å². The molecular formula is C22H27O11P. The Morgan fingerprint density at radius 1 is 1.03 bits per heavy atom. The van der Waals surface area contributed by atoms with E-state index in [-0.39, 0.29) is 30.6 Å². The molecule has 11 nitrogen and oxygen atoms in total. The number of aliphatic carboxylic acids is 2. The highest BCUT2D eigenvalue weighted by Gasteiger charge is 2.76. The Morgan fingerprint density at radius 3 is 2.15 bits per heavy atom. The van der Waals surface area contributed by atoms with Gasteiger partial charge in [-0.05, 0) is 74.3 Å². The molecule has 0 radical (unpaired) electrons. The summed E-state index contributed by atoms with van der Waals surface area (Å²) in [5.41, 5.74) is -0.442. The van der Waals surface area contributed by atoms with Crippen molar-refractivity contribution in [2.24, 2.45) is 29.6 Å². The Hall–Kier alpha value is -2.01. The molecule has 1 aromatic carbocycles. The number of ether oxygens (including phenoxy) is 1. The number of hydrogen-bond acceptors (Lipinski definition) is 7. The van der Waals surface area contributed by atoms with Gasteiger partial charge < -0.3 is 19.5 Å². The van der Waals surface area contributed by atoms with E-state index in [0.717, 1.165) is 25.7 Å². The lowest BCUT2D eigenvalue weighted by Gasteiger charge is -2.69. The molecule has 1 aromatic rings. The van der Waals surface area contributed by atoms with Crippen molar-refractivity contribution >= 4 is 19.8 Å². The quantitative estimate of drug-likeness (QED) is 0.224. The van der Waals surface area contributed by atoms with Gasteiger partial charge in [-0.2, -0.15) is 4.89 Å². The molecule has 186 valence electrons. The summed E-state index contributed by atoms with van der Waals surface area (Å²) < 4.78 is 22.4. The molecule has 0 amide bonds. The van der Waals surface area contributed by atoms with Crippen LogP contribution in [0.1, 0.15) is 44.1 Å². The largest absolute Gasteiger partial charge is 0.524 e. The van der Waals surface area contributed by atoms with Gasteiger partial charge in [0, 0.05) is 5.56 Å². The maximum atomic E-state index is 11.4. The minimum absolute atomic E-state index is 0.0859. The topological polar surface area (TPSA) is 169 Å². The zero-order valence-corrected chi connectivity index (χ0v) is 19.1. The molecule has 1 atom stereocenters. The van der Waals surface area contributed by atoms with E-state index in [1.807, 2.05) is 0 Å². The third-order valence-electron chi connectivity index (χ3n) is 7.91. The van der Waals surface area contributed by atoms with E-state index >= 15 is 0 Å². The minimum Gasteiger partial charge on any atom is -0.481 e. The summed E-state index contributed by atoms with van der Waals surface area (Å²) >= 11 is 0. The molecule has 4 aliphatic carbocycles. The van der Waals surface area contributed by atoms with Crippen molar-refractivity contribution in [2.75, 3.05) is 6.61 Å². The van der Waals surface area contributed by atoms with Gasteiger partial charge in [0.05, 0.1) is 6.61 Å². The van der Waals surface area contributed by atoms with Gasteiger partial charge in [0.1, 0.15) is 5.75 Å². The summed E-state index contributed by atoms with van der Waals surface area (Å²) in [6.07, 6.45) is 4.66. The fourth-order valence-corrected chi connectivity index (χ4v) is 7.22. The number of carbonyl (C=O) groups is 2. The second-order valence-corrected chi connectivity index (χ2v) is 11.0. The molecular weight excluding hydrogens is 471 g/mol. The Bertz CT molecular complexity index is 993. The summed E-state index contributed by atoms with van der Waals surface area (Å²) in [5.74, 6) is -4.68. The van der Waals surface area contributed by atoms with E-state index in [4.69, 9.17) is 19.0 Å². The molecule has 6 rings (SSSR count). The van der Waals surface area contributed by atoms with Crippen molar-refractivity contribution in [3.05, 3.63) is 29.8 Å². The Morgan fingerprint density at radius 2 is 1.65 bits per heavy atom. The molecule has 1 heterocycles. The number of hydrogen-bond donors (Lipinski definition) is 4. The minimum atomic E-state index is -4.81. The number of phosphoric acid groups is 1. The van der Waals surface area contributed by atoms with E-state index in [1.54, 1.807) is 12.1 Å². The first-order chi connectivity index (χ1) is 16.0. The molecule has 1 unspecified atom stereocenters. The zero-order valence-electron chi connectivity index (χ0n) is 18.2. The summed E-state index contributed by atoms with van der Waals surface area (Å²) in [6.45, 7) is -0.232. The molecule has 1 spiro atoms. The SMILES string of the molecule is O=C(O)C(CCOC1(c2cccc(OP(=O)(O)O)c2)OOC12C1CC3CC(C1)CC2C3)C(=O)O. The average molecular weight is 498 g/mol. The lowest BCUT2D eigenvalue weighted by Crippen LogP contribution is -2.76. The first kappa shape index (κ1) is 23.7. The maximum Gasteiger partial charge on any atom is 0.524 e. The van der Waals surface area contributed by atoms with Gasteiger partial charge in [-0.15, -0.1) is 0 Å². The van der Waals surface area contributed by atoms with Crippen LogP contribution >= 0.6 is 7.82 Å². The van der Waals surface area contributed by atoms with Crippen molar-refractivity contribution in [3.8, 4) is 5.75 Å². The highest BCUT2D eigenvalue weighted by atomic mass is 31.2. The molecule has 5 aliphatic rings. The van der Waals surface area contributed by atoms with Gasteiger partial charge in [0.15, 0.2) is 11.5 Å². The fourth-order valence-electron chi connectivity index (χ4n) is 6.83. The molecule has 5 fully saturated rings. The predicted molar refractivity (Wildman–Crippen MR) is 112 cm³/mol. The van der Waals surface area contributed by atoms with Crippen LogP contribution in [0.3, 0.4) is 0 Å². The van der Waals surface area contributed by atoms with Gasteiger partial charge in [0.25, 0.3) is 5.79 Å². The van der Waals surface area contributed by atoms with Crippen LogP contribution in [0.25, 0.3) is 0 Å². The molecule has 1 aliphatic heterocycles. The monoisotopic (exact) mass is 498 g/mol. The third-order valence-corrected chi connectivity index (χ3v) is 8.36. The van der Waals surface area contributed by atoms with E-state index < -0.39 is 37.1 Å². The average Bonchev–Trinajstić information content (AvgIpc) is 2.71. The Balaban J connectivity index is 1.50. The van der Waals surface area contributed by atoms with Crippen LogP contribution in [0, 0.1) is 29.6 Å². The van der Waals surface area contributed by atoms with E-state index in [2.05, 4.69) is 0 Å². The van der Waals surface area contributed by atoms with Gasteiger partial charge in [-0.25, -0.2) is 9.45 Å². The Kier molecular flexibility index (Phi) is 5.78. The number of benzene rings is 1. The third kappa shape index (κ3) is 3.75. The van der Waals surface area contributed by atoms with Gasteiger partial charge >= 0.3 is 19.8 Å². The van der Waals surface area contributed by atoms with Crippen molar-refractivity contribution < 1.29 is 53.2 Å². The molecule has 0 aromatic heterocycles. The summed E-state index contributed by atoms with van der Waals surface area (Å²) in [6, 6.07) is 6.03. The highest BCUT2D eigenvalue weighted by molar-refractivity contribution is 7.46. The van der Waals surface area contributed by atoms with Gasteiger partial charge in [0.2, 0.25) is 0 Å². The normalized spacial score (nSPS) is 36.0. The Labute approximate surface area is 195 Å². The fraction of sp³-hybridized carbons (Fsp3) is 0.636. The van der Waals surface area contributed by atoms with E-state index in [1.165, 1.54) is 18.6 Å². The van der Waals surface area contributed by atoms with Crippen molar-refractivity contribution in [1.29, 1.82) is 0 Å². The molecule has 1 saturated heterocycles. The molecule has 4 N–H and O–H groups in total. The van der Waals surface area contributed by atoms with Crippen LogP contribution in [0.2, 0.25) is 0 Å². The van der Waals surface area contributed by atoms with Crippen LogP contribution in [0.15, 0.2) is 24.3 Å². The molecule has 12 heteroatoms. The van der Waals surface area contributed by atoms with Gasteiger partial charge in [-0.3, -0.25) is 19.4 Å². The highest BCUT2D eigenvalue weighted by Crippen LogP contribution is 2.69.